The summed E-state index contributed by atoms with van der Waals surface area (Å²) in [5.74, 6) is 0.134. The highest BCUT2D eigenvalue weighted by Gasteiger charge is 2.15. The van der Waals surface area contributed by atoms with Crippen molar-refractivity contribution in [3.8, 4) is 11.1 Å². The van der Waals surface area contributed by atoms with E-state index in [1.165, 1.54) is 30.6 Å². The topological polar surface area (TPSA) is 84.5 Å². The van der Waals surface area contributed by atoms with Crippen LogP contribution in [-0.4, -0.2) is 40.2 Å². The normalized spacial score (nSPS) is 10.9. The van der Waals surface area contributed by atoms with E-state index < -0.39 is 4.92 Å². The van der Waals surface area contributed by atoms with Crippen LogP contribution in [0.4, 0.5) is 11.6 Å². The molecule has 22 heavy (non-hydrogen) atoms. The smallest absolute Gasteiger partial charge is 0.269 e. The van der Waals surface area contributed by atoms with Crippen LogP contribution >= 0.6 is 23.2 Å². The molecule has 0 amide bonds. The van der Waals surface area contributed by atoms with Crippen molar-refractivity contribution in [2.24, 2.45) is 4.99 Å². The molecule has 2 aromatic rings. The fourth-order valence-electron chi connectivity index (χ4n) is 1.61. The maximum atomic E-state index is 10.7. The second-order valence-electron chi connectivity index (χ2n) is 4.49. The number of aromatic nitrogens is 2. The molecule has 7 nitrogen and oxygen atoms in total. The SMILES string of the molecule is CN(C)/C=N/c1nc(Cl)c(-c2ccc([N+](=O)[O-])cc2)c(Cl)n1. The standard InChI is InChI=1S/C13H11Cl2N5O2/c1-19(2)7-16-13-17-11(14)10(12(15)18-13)8-3-5-9(6-4-8)20(21)22/h3-7H,1-2H3/b16-7+. The minimum atomic E-state index is -0.484. The summed E-state index contributed by atoms with van der Waals surface area (Å²) >= 11 is 12.3. The first kappa shape index (κ1) is 16.1. The van der Waals surface area contributed by atoms with Crippen molar-refractivity contribution in [2.45, 2.75) is 0 Å². The number of non-ortho nitro benzene ring substituents is 1. The van der Waals surface area contributed by atoms with Crippen LogP contribution < -0.4 is 0 Å². The molecule has 9 heteroatoms. The van der Waals surface area contributed by atoms with Gasteiger partial charge in [0.1, 0.15) is 10.3 Å². The molecule has 1 aromatic carbocycles. The van der Waals surface area contributed by atoms with Crippen LogP contribution in [0.2, 0.25) is 10.3 Å². The molecule has 0 saturated heterocycles. The van der Waals surface area contributed by atoms with Crippen molar-refractivity contribution in [1.82, 2.24) is 14.9 Å². The van der Waals surface area contributed by atoms with Gasteiger partial charge in [-0.15, -0.1) is 0 Å². The van der Waals surface area contributed by atoms with Gasteiger partial charge in [0.25, 0.3) is 11.6 Å². The third-order valence-corrected chi connectivity index (χ3v) is 3.13. The average Bonchev–Trinajstić information content (AvgIpc) is 2.45. The number of hydrogen-bond donors (Lipinski definition) is 0. The van der Waals surface area contributed by atoms with Crippen LogP contribution in [0.5, 0.6) is 0 Å². The highest BCUT2D eigenvalue weighted by molar-refractivity contribution is 6.37. The summed E-state index contributed by atoms with van der Waals surface area (Å²) in [4.78, 5) is 24.0. The summed E-state index contributed by atoms with van der Waals surface area (Å²) in [5.41, 5.74) is 0.967. The third kappa shape index (κ3) is 3.69. The Morgan fingerprint density at radius 3 is 2.18 bits per heavy atom. The van der Waals surface area contributed by atoms with Crippen LogP contribution in [0.25, 0.3) is 11.1 Å². The zero-order valence-corrected chi connectivity index (χ0v) is 13.2. The van der Waals surface area contributed by atoms with E-state index in [-0.39, 0.29) is 21.9 Å². The molecule has 0 N–H and O–H groups in total. The number of benzene rings is 1. The highest BCUT2D eigenvalue weighted by atomic mass is 35.5. The number of nitrogens with zero attached hydrogens (tertiary/aromatic N) is 5. The van der Waals surface area contributed by atoms with Gasteiger partial charge in [0, 0.05) is 26.2 Å². The molecular formula is C13H11Cl2N5O2. The zero-order chi connectivity index (χ0) is 16.3. The van der Waals surface area contributed by atoms with E-state index in [2.05, 4.69) is 15.0 Å². The fourth-order valence-corrected chi connectivity index (χ4v) is 2.21. The largest absolute Gasteiger partial charge is 0.369 e. The van der Waals surface area contributed by atoms with Crippen molar-refractivity contribution < 1.29 is 4.92 Å². The fraction of sp³-hybridized carbons (Fsp3) is 0.154. The Hall–Kier alpha value is -2.25. The molecule has 0 spiro atoms. The van der Waals surface area contributed by atoms with E-state index in [4.69, 9.17) is 23.2 Å². The van der Waals surface area contributed by atoms with Crippen molar-refractivity contribution >= 4 is 41.2 Å². The number of nitro groups is 1. The molecule has 1 aromatic heterocycles. The Morgan fingerprint density at radius 2 is 1.73 bits per heavy atom. The lowest BCUT2D eigenvalue weighted by Crippen LogP contribution is -2.07. The minimum Gasteiger partial charge on any atom is -0.369 e. The second-order valence-corrected chi connectivity index (χ2v) is 5.21. The molecule has 0 atom stereocenters. The van der Waals surface area contributed by atoms with Gasteiger partial charge in [0.05, 0.1) is 16.8 Å². The lowest BCUT2D eigenvalue weighted by Gasteiger charge is -2.07. The molecule has 0 unspecified atom stereocenters. The van der Waals surface area contributed by atoms with Gasteiger partial charge in [-0.1, -0.05) is 23.2 Å². The van der Waals surface area contributed by atoms with Gasteiger partial charge in [-0.05, 0) is 17.7 Å². The van der Waals surface area contributed by atoms with Gasteiger partial charge < -0.3 is 4.90 Å². The molecule has 0 radical (unpaired) electrons. The summed E-state index contributed by atoms with van der Waals surface area (Å²) in [7, 11) is 3.61. The second kappa shape index (κ2) is 6.67. The Kier molecular flexibility index (Phi) is 4.89. The summed E-state index contributed by atoms with van der Waals surface area (Å²) in [6.07, 6.45) is 1.52. The molecule has 0 aliphatic rings. The number of hydrogen-bond acceptors (Lipinski definition) is 5. The Bertz CT molecular complexity index is 709. The van der Waals surface area contributed by atoms with Gasteiger partial charge in [-0.25, -0.2) is 4.99 Å². The van der Waals surface area contributed by atoms with Gasteiger partial charge in [0.15, 0.2) is 0 Å². The molecule has 0 aliphatic carbocycles. The first-order chi connectivity index (χ1) is 10.4. The Morgan fingerprint density at radius 1 is 1.18 bits per heavy atom. The predicted octanol–water partition coefficient (Wildman–Crippen LogP) is 3.58. The van der Waals surface area contributed by atoms with E-state index in [0.717, 1.165) is 0 Å². The monoisotopic (exact) mass is 339 g/mol. The maximum absolute atomic E-state index is 10.7. The van der Waals surface area contributed by atoms with E-state index in [1.807, 2.05) is 0 Å². The predicted molar refractivity (Wildman–Crippen MR) is 86.0 cm³/mol. The van der Waals surface area contributed by atoms with Gasteiger partial charge in [0.2, 0.25) is 0 Å². The maximum Gasteiger partial charge on any atom is 0.269 e. The number of aliphatic imine (C=N–C) groups is 1. The molecule has 114 valence electrons. The lowest BCUT2D eigenvalue weighted by molar-refractivity contribution is -0.384. The van der Waals surface area contributed by atoms with E-state index in [0.29, 0.717) is 11.1 Å². The van der Waals surface area contributed by atoms with Crippen LogP contribution in [0.3, 0.4) is 0 Å². The molecule has 0 aliphatic heterocycles. The Labute approximate surface area is 136 Å². The number of nitro benzene ring substituents is 1. The summed E-state index contributed by atoms with van der Waals surface area (Å²) in [5, 5.41) is 10.9. The Balaban J connectivity index is 2.41. The quantitative estimate of drug-likeness (QED) is 0.279. The average molecular weight is 340 g/mol. The van der Waals surface area contributed by atoms with Crippen LogP contribution in [0, 0.1) is 10.1 Å². The van der Waals surface area contributed by atoms with Crippen molar-refractivity contribution in [1.29, 1.82) is 0 Å². The van der Waals surface area contributed by atoms with Crippen LogP contribution in [0.15, 0.2) is 29.3 Å². The summed E-state index contributed by atoms with van der Waals surface area (Å²) in [6.45, 7) is 0. The van der Waals surface area contributed by atoms with Crippen molar-refractivity contribution in [3.63, 3.8) is 0 Å². The van der Waals surface area contributed by atoms with Crippen LogP contribution in [0.1, 0.15) is 0 Å². The third-order valence-electron chi connectivity index (χ3n) is 2.58. The van der Waals surface area contributed by atoms with Gasteiger partial charge >= 0.3 is 0 Å². The van der Waals surface area contributed by atoms with Gasteiger partial charge in [-0.2, -0.15) is 9.97 Å². The van der Waals surface area contributed by atoms with E-state index in [1.54, 1.807) is 19.0 Å². The van der Waals surface area contributed by atoms with Crippen LogP contribution in [-0.2, 0) is 0 Å². The highest BCUT2D eigenvalue weighted by Crippen LogP contribution is 2.34. The first-order valence-electron chi connectivity index (χ1n) is 6.07. The van der Waals surface area contributed by atoms with Gasteiger partial charge in [-0.3, -0.25) is 10.1 Å². The minimum absolute atomic E-state index is 0.0240. The molecule has 2 rings (SSSR count). The van der Waals surface area contributed by atoms with E-state index in [9.17, 15) is 10.1 Å². The lowest BCUT2D eigenvalue weighted by atomic mass is 10.1. The summed E-state index contributed by atoms with van der Waals surface area (Å²) in [6, 6.07) is 5.80. The van der Waals surface area contributed by atoms with Crippen molar-refractivity contribution in [3.05, 3.63) is 44.7 Å². The molecular weight excluding hydrogens is 329 g/mol. The zero-order valence-electron chi connectivity index (χ0n) is 11.7. The number of halogens is 2. The van der Waals surface area contributed by atoms with Crippen molar-refractivity contribution in [2.75, 3.05) is 14.1 Å². The number of rotatable bonds is 4. The summed E-state index contributed by atoms with van der Waals surface area (Å²) < 4.78 is 0. The molecule has 0 fully saturated rings. The molecule has 0 saturated carbocycles. The van der Waals surface area contributed by atoms with E-state index >= 15 is 0 Å². The molecule has 1 heterocycles. The first-order valence-corrected chi connectivity index (χ1v) is 6.82. The molecule has 0 bridgehead atoms.